The smallest absolute Gasteiger partial charge is 0.217 e. The molecule has 0 unspecified atom stereocenters. The molecule has 0 aromatic carbocycles. The summed E-state index contributed by atoms with van der Waals surface area (Å²) in [6.45, 7) is 15.3. The van der Waals surface area contributed by atoms with Crippen LogP contribution in [0, 0.1) is 0 Å². The van der Waals surface area contributed by atoms with Crippen LogP contribution < -0.4 is 4.68 Å². The summed E-state index contributed by atoms with van der Waals surface area (Å²) in [6, 6.07) is 0.509. The van der Waals surface area contributed by atoms with E-state index in [-0.39, 0.29) is 5.41 Å². The van der Waals surface area contributed by atoms with Crippen molar-refractivity contribution in [2.24, 2.45) is 0 Å². The molecule has 0 amide bonds. The third kappa shape index (κ3) is 2.12. The second-order valence-electron chi connectivity index (χ2n) is 7.62. The van der Waals surface area contributed by atoms with E-state index in [1.807, 2.05) is 0 Å². The van der Waals surface area contributed by atoms with Gasteiger partial charge in [-0.2, -0.15) is 5.10 Å². The normalized spacial score (nSPS) is 26.6. The SMILES string of the molecule is CC(C)[n+]1[nH]c2c(c1C(C)(C)C)CN1CCC2CC1. The van der Waals surface area contributed by atoms with Gasteiger partial charge in [-0.25, -0.2) is 0 Å². The molecule has 3 heteroatoms. The highest BCUT2D eigenvalue weighted by molar-refractivity contribution is 5.31. The minimum Gasteiger partial charge on any atom is -0.299 e. The van der Waals surface area contributed by atoms with E-state index in [0.717, 1.165) is 12.5 Å². The van der Waals surface area contributed by atoms with Crippen LogP contribution in [-0.4, -0.2) is 23.1 Å². The Hall–Kier alpha value is -0.830. The first kappa shape index (κ1) is 13.2. The van der Waals surface area contributed by atoms with Gasteiger partial charge in [0.05, 0.1) is 11.3 Å². The number of aromatic nitrogens is 2. The first-order valence-corrected chi connectivity index (χ1v) is 7.77. The molecule has 0 atom stereocenters. The summed E-state index contributed by atoms with van der Waals surface area (Å²) in [6.07, 6.45) is 2.66. The van der Waals surface area contributed by atoms with E-state index in [2.05, 4.69) is 49.3 Å². The van der Waals surface area contributed by atoms with Crippen molar-refractivity contribution in [3.05, 3.63) is 17.0 Å². The molecule has 1 aromatic rings. The Kier molecular flexibility index (Phi) is 3.01. The van der Waals surface area contributed by atoms with Crippen molar-refractivity contribution in [1.82, 2.24) is 10.00 Å². The lowest BCUT2D eigenvalue weighted by atomic mass is 9.86. The Balaban J connectivity index is 2.18. The van der Waals surface area contributed by atoms with Gasteiger partial charge in [-0.3, -0.25) is 4.90 Å². The van der Waals surface area contributed by atoms with Gasteiger partial charge in [0, 0.05) is 17.9 Å². The summed E-state index contributed by atoms with van der Waals surface area (Å²) in [5, 5.41) is 3.77. The van der Waals surface area contributed by atoms with E-state index < -0.39 is 0 Å². The highest BCUT2D eigenvalue weighted by atomic mass is 15.3. The maximum atomic E-state index is 3.77. The van der Waals surface area contributed by atoms with E-state index in [1.165, 1.54) is 31.6 Å². The van der Waals surface area contributed by atoms with Gasteiger partial charge >= 0.3 is 0 Å². The van der Waals surface area contributed by atoms with Crippen molar-refractivity contribution < 1.29 is 4.68 Å². The van der Waals surface area contributed by atoms with Crippen molar-refractivity contribution >= 4 is 0 Å². The maximum absolute atomic E-state index is 3.77. The zero-order valence-electron chi connectivity index (χ0n) is 13.1. The molecule has 1 saturated heterocycles. The first-order valence-electron chi connectivity index (χ1n) is 7.77. The van der Waals surface area contributed by atoms with Crippen LogP contribution in [0.1, 0.15) is 76.4 Å². The summed E-state index contributed by atoms with van der Waals surface area (Å²) in [5.41, 5.74) is 4.87. The van der Waals surface area contributed by atoms with Crippen molar-refractivity contribution in [2.45, 2.75) is 71.4 Å². The van der Waals surface area contributed by atoms with E-state index >= 15 is 0 Å². The number of fused-ring (bicyclic) bond motifs is 2. The molecule has 0 saturated carbocycles. The number of H-pyrrole nitrogens is 1. The Morgan fingerprint density at radius 2 is 1.84 bits per heavy atom. The number of piperidine rings is 1. The fourth-order valence-corrected chi connectivity index (χ4v) is 3.83. The number of aromatic amines is 1. The van der Waals surface area contributed by atoms with Gasteiger partial charge in [0.15, 0.2) is 6.04 Å². The molecule has 3 aliphatic rings. The molecule has 0 aliphatic carbocycles. The van der Waals surface area contributed by atoms with E-state index in [9.17, 15) is 0 Å². The average molecular weight is 262 g/mol. The standard InChI is InChI=1S/C16H27N3/c1-11(2)19-15(16(3,4)5)13-10-18-8-6-12(7-9-18)14(13)17-19/h11-12H,6-10H2,1-5H3/p+1. The van der Waals surface area contributed by atoms with Crippen molar-refractivity contribution in [3.8, 4) is 0 Å². The van der Waals surface area contributed by atoms with Crippen LogP contribution in [0.15, 0.2) is 0 Å². The van der Waals surface area contributed by atoms with Gasteiger partial charge < -0.3 is 0 Å². The molecule has 19 heavy (non-hydrogen) atoms. The fraction of sp³-hybridized carbons (Fsp3) is 0.812. The molecular formula is C16H28N3+. The lowest BCUT2D eigenvalue weighted by Crippen LogP contribution is -2.46. The maximum Gasteiger partial charge on any atom is 0.217 e. The Morgan fingerprint density at radius 1 is 1.21 bits per heavy atom. The van der Waals surface area contributed by atoms with Gasteiger partial charge in [-0.05, 0) is 39.8 Å². The van der Waals surface area contributed by atoms with E-state index in [4.69, 9.17) is 0 Å². The summed E-state index contributed by atoms with van der Waals surface area (Å²) >= 11 is 0. The minimum atomic E-state index is 0.208. The fourth-order valence-electron chi connectivity index (χ4n) is 3.83. The molecular weight excluding hydrogens is 234 g/mol. The molecule has 0 spiro atoms. The second-order valence-corrected chi connectivity index (χ2v) is 7.62. The van der Waals surface area contributed by atoms with Crippen LogP contribution in [0.2, 0.25) is 0 Å². The topological polar surface area (TPSA) is 22.9 Å². The number of rotatable bonds is 1. The van der Waals surface area contributed by atoms with Gasteiger partial charge in [-0.15, -0.1) is 4.68 Å². The quantitative estimate of drug-likeness (QED) is 0.773. The first-order chi connectivity index (χ1) is 8.88. The van der Waals surface area contributed by atoms with Crippen LogP contribution in [0.3, 0.4) is 0 Å². The zero-order chi connectivity index (χ0) is 13.8. The largest absolute Gasteiger partial charge is 0.299 e. The van der Waals surface area contributed by atoms with Gasteiger partial charge in [0.2, 0.25) is 5.69 Å². The molecule has 3 nitrogen and oxygen atoms in total. The number of nitrogens with zero attached hydrogens (tertiary/aromatic N) is 2. The molecule has 1 N–H and O–H groups in total. The Labute approximate surface area is 117 Å². The summed E-state index contributed by atoms with van der Waals surface area (Å²) < 4.78 is 2.42. The third-order valence-electron chi connectivity index (χ3n) is 4.70. The predicted octanol–water partition coefficient (Wildman–Crippen LogP) is 2.87. The van der Waals surface area contributed by atoms with Crippen LogP contribution in [0.25, 0.3) is 0 Å². The monoisotopic (exact) mass is 262 g/mol. The molecule has 3 aliphatic heterocycles. The lowest BCUT2D eigenvalue weighted by Gasteiger charge is -2.26. The summed E-state index contributed by atoms with van der Waals surface area (Å²) in [5.74, 6) is 0.759. The average Bonchev–Trinajstić information content (AvgIpc) is 2.54. The van der Waals surface area contributed by atoms with Crippen LogP contribution in [0.5, 0.6) is 0 Å². The van der Waals surface area contributed by atoms with Crippen molar-refractivity contribution in [2.75, 3.05) is 13.1 Å². The second kappa shape index (κ2) is 4.34. The highest BCUT2D eigenvalue weighted by Crippen LogP contribution is 2.38. The molecule has 0 radical (unpaired) electrons. The zero-order valence-corrected chi connectivity index (χ0v) is 13.1. The third-order valence-corrected chi connectivity index (χ3v) is 4.70. The number of hydrogen-bond acceptors (Lipinski definition) is 1. The van der Waals surface area contributed by atoms with Crippen molar-refractivity contribution in [3.63, 3.8) is 0 Å². The lowest BCUT2D eigenvalue weighted by molar-refractivity contribution is -0.777. The van der Waals surface area contributed by atoms with Gasteiger partial charge in [-0.1, -0.05) is 20.8 Å². The predicted molar refractivity (Wildman–Crippen MR) is 77.3 cm³/mol. The Bertz CT molecular complexity index is 471. The number of nitrogens with one attached hydrogen (secondary N) is 1. The summed E-state index contributed by atoms with van der Waals surface area (Å²) in [7, 11) is 0. The highest BCUT2D eigenvalue weighted by Gasteiger charge is 2.41. The molecule has 2 bridgehead atoms. The number of hydrogen-bond donors (Lipinski definition) is 1. The van der Waals surface area contributed by atoms with Crippen LogP contribution in [-0.2, 0) is 12.0 Å². The van der Waals surface area contributed by atoms with Gasteiger partial charge in [0.1, 0.15) is 0 Å². The van der Waals surface area contributed by atoms with Gasteiger partial charge in [0.25, 0.3) is 0 Å². The Morgan fingerprint density at radius 3 is 2.37 bits per heavy atom. The van der Waals surface area contributed by atoms with Crippen LogP contribution in [0.4, 0.5) is 0 Å². The minimum absolute atomic E-state index is 0.208. The van der Waals surface area contributed by atoms with E-state index in [0.29, 0.717) is 6.04 Å². The van der Waals surface area contributed by atoms with E-state index in [1.54, 1.807) is 11.3 Å². The van der Waals surface area contributed by atoms with Crippen LogP contribution >= 0.6 is 0 Å². The molecule has 4 rings (SSSR count). The molecule has 1 aromatic heterocycles. The summed E-state index contributed by atoms with van der Waals surface area (Å²) in [4.78, 5) is 2.64. The molecule has 1 fully saturated rings. The molecule has 4 heterocycles. The molecule has 106 valence electrons. The van der Waals surface area contributed by atoms with Crippen molar-refractivity contribution in [1.29, 1.82) is 0 Å².